The van der Waals surface area contributed by atoms with E-state index in [9.17, 15) is 0 Å². The number of nitrogens with one attached hydrogen (secondary N) is 1. The predicted octanol–water partition coefficient (Wildman–Crippen LogP) is 2.07. The van der Waals surface area contributed by atoms with Crippen LogP contribution in [0, 0.1) is 0 Å². The van der Waals surface area contributed by atoms with Gasteiger partial charge in [-0.2, -0.15) is 5.10 Å². The molecule has 0 atom stereocenters. The summed E-state index contributed by atoms with van der Waals surface area (Å²) in [6.07, 6.45) is 0.881. The molecule has 0 fully saturated rings. The largest absolute Gasteiger partial charge is 0.310 e. The monoisotopic (exact) mass is 272 g/mol. The van der Waals surface area contributed by atoms with E-state index in [1.165, 1.54) is 0 Å². The second-order valence-corrected chi connectivity index (χ2v) is 4.77. The molecule has 1 heterocycles. The first-order chi connectivity index (χ1) is 8.63. The third-order valence-corrected chi connectivity index (χ3v) is 3.73. The van der Waals surface area contributed by atoms with Crippen LogP contribution in [-0.4, -0.2) is 40.9 Å². The Morgan fingerprint density at radius 3 is 2.44 bits per heavy atom. The van der Waals surface area contributed by atoms with Gasteiger partial charge in [0, 0.05) is 26.7 Å². The van der Waals surface area contributed by atoms with E-state index in [1.54, 1.807) is 0 Å². The second kappa shape index (κ2) is 7.77. The Labute approximate surface area is 115 Å². The van der Waals surface area contributed by atoms with Gasteiger partial charge in [-0.05, 0) is 19.5 Å². The molecule has 4 nitrogen and oxygen atoms in total. The Bertz CT molecular complexity index is 358. The fourth-order valence-electron chi connectivity index (χ4n) is 2.00. The average molecular weight is 273 g/mol. The van der Waals surface area contributed by atoms with Gasteiger partial charge in [0.15, 0.2) is 0 Å². The zero-order chi connectivity index (χ0) is 13.5. The van der Waals surface area contributed by atoms with Crippen molar-refractivity contribution in [1.82, 2.24) is 20.0 Å². The molecule has 0 saturated carbocycles. The van der Waals surface area contributed by atoms with Crippen molar-refractivity contribution >= 4 is 11.6 Å². The molecule has 1 N–H and O–H groups in total. The van der Waals surface area contributed by atoms with E-state index in [1.807, 2.05) is 11.7 Å². The number of halogens is 1. The topological polar surface area (TPSA) is 33.1 Å². The molecule has 0 aliphatic carbocycles. The fraction of sp³-hybridized carbons (Fsp3) is 0.769. The summed E-state index contributed by atoms with van der Waals surface area (Å²) in [5, 5.41) is 8.66. The summed E-state index contributed by atoms with van der Waals surface area (Å²) in [5.41, 5.74) is 2.06. The summed E-state index contributed by atoms with van der Waals surface area (Å²) in [7, 11) is 1.95. The average Bonchev–Trinajstić information content (AvgIpc) is 2.65. The highest BCUT2D eigenvalue weighted by atomic mass is 35.5. The number of nitrogens with zero attached hydrogens (tertiary/aromatic N) is 3. The van der Waals surface area contributed by atoms with Gasteiger partial charge in [-0.15, -0.1) is 0 Å². The second-order valence-electron chi connectivity index (χ2n) is 4.39. The van der Waals surface area contributed by atoms with E-state index in [0.717, 1.165) is 55.6 Å². The molecule has 5 heteroatoms. The fourth-order valence-corrected chi connectivity index (χ4v) is 2.36. The van der Waals surface area contributed by atoms with Crippen molar-refractivity contribution in [2.45, 2.75) is 33.7 Å². The minimum absolute atomic E-state index is 0.781. The number of rotatable bonds is 8. The molecule has 1 aromatic heterocycles. The summed E-state index contributed by atoms with van der Waals surface area (Å²) in [6.45, 7) is 11.5. The molecule has 18 heavy (non-hydrogen) atoms. The van der Waals surface area contributed by atoms with E-state index < -0.39 is 0 Å². The smallest absolute Gasteiger partial charge is 0.0863 e. The molecule has 1 aromatic rings. The quantitative estimate of drug-likeness (QED) is 0.736. The van der Waals surface area contributed by atoms with Gasteiger partial charge in [0.05, 0.1) is 16.4 Å². The van der Waals surface area contributed by atoms with Crippen LogP contribution >= 0.6 is 11.6 Å². The number of hydrogen-bond acceptors (Lipinski definition) is 3. The first kappa shape index (κ1) is 15.5. The first-order valence-electron chi connectivity index (χ1n) is 6.77. The standard InChI is InChI=1S/C13H25ClN4/c1-5-11-13(14)12(17(4)16-11)10-15-8-9-18(6-2)7-3/h15H,5-10H2,1-4H3. The van der Waals surface area contributed by atoms with Crippen LogP contribution in [0.15, 0.2) is 0 Å². The molecule has 0 bridgehead atoms. The Morgan fingerprint density at radius 2 is 1.94 bits per heavy atom. The van der Waals surface area contributed by atoms with Gasteiger partial charge < -0.3 is 10.2 Å². The SMILES string of the molecule is CCc1nn(C)c(CNCCN(CC)CC)c1Cl. The molecular weight excluding hydrogens is 248 g/mol. The van der Waals surface area contributed by atoms with E-state index in [-0.39, 0.29) is 0 Å². The molecule has 0 aliphatic heterocycles. The van der Waals surface area contributed by atoms with Crippen molar-refractivity contribution in [2.24, 2.45) is 7.05 Å². The minimum Gasteiger partial charge on any atom is -0.310 e. The van der Waals surface area contributed by atoms with E-state index in [0.29, 0.717) is 0 Å². The first-order valence-corrected chi connectivity index (χ1v) is 7.15. The van der Waals surface area contributed by atoms with Crippen molar-refractivity contribution < 1.29 is 0 Å². The maximum Gasteiger partial charge on any atom is 0.0863 e. The van der Waals surface area contributed by atoms with Gasteiger partial charge in [0.1, 0.15) is 0 Å². The van der Waals surface area contributed by atoms with Crippen LogP contribution in [0.3, 0.4) is 0 Å². The third kappa shape index (κ3) is 3.97. The van der Waals surface area contributed by atoms with Crippen LogP contribution in [-0.2, 0) is 20.0 Å². The highest BCUT2D eigenvalue weighted by molar-refractivity contribution is 6.31. The molecule has 1 rings (SSSR count). The number of aromatic nitrogens is 2. The summed E-state index contributed by atoms with van der Waals surface area (Å²) >= 11 is 6.29. The highest BCUT2D eigenvalue weighted by Gasteiger charge is 2.12. The lowest BCUT2D eigenvalue weighted by atomic mass is 10.3. The van der Waals surface area contributed by atoms with Crippen molar-refractivity contribution in [2.75, 3.05) is 26.2 Å². The van der Waals surface area contributed by atoms with Gasteiger partial charge >= 0.3 is 0 Å². The molecule has 0 spiro atoms. The lowest BCUT2D eigenvalue weighted by molar-refractivity contribution is 0.301. The van der Waals surface area contributed by atoms with Crippen LogP contribution < -0.4 is 5.32 Å². The molecule has 0 saturated heterocycles. The van der Waals surface area contributed by atoms with Crippen molar-refractivity contribution in [3.8, 4) is 0 Å². The predicted molar refractivity (Wildman–Crippen MR) is 77.1 cm³/mol. The van der Waals surface area contributed by atoms with Gasteiger partial charge in [-0.1, -0.05) is 32.4 Å². The molecule has 0 unspecified atom stereocenters. The third-order valence-electron chi connectivity index (χ3n) is 3.29. The van der Waals surface area contributed by atoms with Crippen molar-refractivity contribution in [3.05, 3.63) is 16.4 Å². The summed E-state index contributed by atoms with van der Waals surface area (Å²) < 4.78 is 1.88. The summed E-state index contributed by atoms with van der Waals surface area (Å²) in [4.78, 5) is 2.40. The van der Waals surface area contributed by atoms with E-state index in [4.69, 9.17) is 11.6 Å². The van der Waals surface area contributed by atoms with Gasteiger partial charge in [0.2, 0.25) is 0 Å². The number of likely N-dealkylation sites (N-methyl/N-ethyl adjacent to an activating group) is 1. The van der Waals surface area contributed by atoms with Crippen LogP contribution in [0.2, 0.25) is 5.02 Å². The Kier molecular flexibility index (Phi) is 6.68. The maximum absolute atomic E-state index is 6.29. The lowest BCUT2D eigenvalue weighted by Gasteiger charge is -2.18. The zero-order valence-electron chi connectivity index (χ0n) is 12.0. The summed E-state index contributed by atoms with van der Waals surface area (Å²) in [6, 6.07) is 0. The highest BCUT2D eigenvalue weighted by Crippen LogP contribution is 2.20. The van der Waals surface area contributed by atoms with Crippen LogP contribution in [0.4, 0.5) is 0 Å². The Balaban J connectivity index is 2.42. The van der Waals surface area contributed by atoms with E-state index >= 15 is 0 Å². The molecule has 0 radical (unpaired) electrons. The molecule has 0 amide bonds. The van der Waals surface area contributed by atoms with Crippen LogP contribution in [0.5, 0.6) is 0 Å². The van der Waals surface area contributed by atoms with Gasteiger partial charge in [0.25, 0.3) is 0 Å². The summed E-state index contributed by atoms with van der Waals surface area (Å²) in [5.74, 6) is 0. The lowest BCUT2D eigenvalue weighted by Crippen LogP contribution is -2.32. The Hall–Kier alpha value is -0.580. The Morgan fingerprint density at radius 1 is 1.28 bits per heavy atom. The molecule has 104 valence electrons. The minimum atomic E-state index is 0.781. The zero-order valence-corrected chi connectivity index (χ0v) is 12.7. The van der Waals surface area contributed by atoms with Gasteiger partial charge in [-0.25, -0.2) is 0 Å². The van der Waals surface area contributed by atoms with E-state index in [2.05, 4.69) is 36.1 Å². The molecule has 0 aromatic carbocycles. The maximum atomic E-state index is 6.29. The van der Waals surface area contributed by atoms with Crippen molar-refractivity contribution in [3.63, 3.8) is 0 Å². The van der Waals surface area contributed by atoms with Gasteiger partial charge in [-0.3, -0.25) is 4.68 Å². The van der Waals surface area contributed by atoms with Crippen molar-refractivity contribution in [1.29, 1.82) is 0 Å². The number of aryl methyl sites for hydroxylation is 2. The van der Waals surface area contributed by atoms with Crippen LogP contribution in [0.25, 0.3) is 0 Å². The van der Waals surface area contributed by atoms with Crippen LogP contribution in [0.1, 0.15) is 32.2 Å². The molecular formula is C13H25ClN4. The normalized spacial score (nSPS) is 11.4. The number of hydrogen-bond donors (Lipinski definition) is 1. The molecule has 0 aliphatic rings.